The van der Waals surface area contributed by atoms with E-state index in [9.17, 15) is 4.79 Å². The number of benzene rings is 2. The van der Waals surface area contributed by atoms with Gasteiger partial charge in [-0.15, -0.1) is 24.0 Å². The zero-order valence-electron chi connectivity index (χ0n) is 18.5. The lowest BCUT2D eigenvalue weighted by molar-refractivity contribution is -0.130. The first kappa shape index (κ1) is 24.8. The van der Waals surface area contributed by atoms with Crippen molar-refractivity contribution in [1.82, 2.24) is 15.1 Å². The molecule has 1 aliphatic rings. The maximum absolute atomic E-state index is 11.7. The summed E-state index contributed by atoms with van der Waals surface area (Å²) in [6.45, 7) is 4.46. The number of ether oxygens (including phenoxy) is 1. The van der Waals surface area contributed by atoms with Gasteiger partial charge in [0.2, 0.25) is 0 Å². The second kappa shape index (κ2) is 12.4. The molecule has 0 aliphatic carbocycles. The molecule has 0 atom stereocenters. The molecule has 1 aliphatic heterocycles. The minimum absolute atomic E-state index is 0. The lowest BCUT2D eigenvalue weighted by Gasteiger charge is -2.37. The van der Waals surface area contributed by atoms with Gasteiger partial charge in [0.15, 0.2) is 12.6 Å². The largest absolute Gasteiger partial charge is 0.484 e. The highest BCUT2D eigenvalue weighted by atomic mass is 127. The molecule has 31 heavy (non-hydrogen) atoms. The Morgan fingerprint density at radius 1 is 1.06 bits per heavy atom. The first-order valence-electron chi connectivity index (χ1n) is 10.2. The number of hydrogen-bond donors (Lipinski definition) is 1. The number of carbonyl (C=O) groups is 1. The first-order chi connectivity index (χ1) is 14.6. The summed E-state index contributed by atoms with van der Waals surface area (Å²) in [5, 5.41) is 3.45. The predicted octanol–water partition coefficient (Wildman–Crippen LogP) is 2.67. The predicted molar refractivity (Wildman–Crippen MR) is 136 cm³/mol. The van der Waals surface area contributed by atoms with E-state index in [0.717, 1.165) is 37.7 Å². The maximum Gasteiger partial charge on any atom is 0.259 e. The smallest absolute Gasteiger partial charge is 0.259 e. The van der Waals surface area contributed by atoms with Crippen LogP contribution in [0.3, 0.4) is 0 Å². The summed E-state index contributed by atoms with van der Waals surface area (Å²) in [5.74, 6) is 1.53. The number of likely N-dealkylation sites (N-methyl/N-ethyl adjacent to an activating group) is 1. The molecule has 0 aromatic heterocycles. The third-order valence-electron chi connectivity index (χ3n) is 5.12. The summed E-state index contributed by atoms with van der Waals surface area (Å²) in [5.41, 5.74) is 2.35. The molecule has 0 unspecified atom stereocenters. The molecule has 2 aromatic carbocycles. The zero-order valence-corrected chi connectivity index (χ0v) is 20.8. The van der Waals surface area contributed by atoms with E-state index in [1.54, 1.807) is 14.1 Å². The molecule has 7 nitrogen and oxygen atoms in total. The summed E-state index contributed by atoms with van der Waals surface area (Å²) in [6.07, 6.45) is 0. The average Bonchev–Trinajstić information content (AvgIpc) is 2.79. The standard InChI is InChI=1S/C23H31N5O2.HI/c1-24-23(28-14-12-27(13-15-28)20-9-5-4-6-10-20)25-17-19-8-7-11-21(16-19)30-18-22(29)26(2)3;/h4-11,16H,12-15,17-18H2,1-3H3,(H,24,25);1H. The van der Waals surface area contributed by atoms with Gasteiger partial charge in [-0.05, 0) is 29.8 Å². The van der Waals surface area contributed by atoms with Crippen LogP contribution in [-0.2, 0) is 11.3 Å². The number of para-hydroxylation sites is 1. The molecule has 8 heteroatoms. The number of anilines is 1. The summed E-state index contributed by atoms with van der Waals surface area (Å²) in [4.78, 5) is 22.4. The Morgan fingerprint density at radius 2 is 1.77 bits per heavy atom. The van der Waals surface area contributed by atoms with Crippen molar-refractivity contribution in [3.05, 3.63) is 60.2 Å². The number of carbonyl (C=O) groups excluding carboxylic acids is 1. The fourth-order valence-electron chi connectivity index (χ4n) is 3.35. The SMILES string of the molecule is CN=C(NCc1cccc(OCC(=O)N(C)C)c1)N1CCN(c2ccccc2)CC1.I. The van der Waals surface area contributed by atoms with E-state index in [0.29, 0.717) is 12.3 Å². The van der Waals surface area contributed by atoms with Gasteiger partial charge in [0.1, 0.15) is 5.75 Å². The van der Waals surface area contributed by atoms with E-state index in [-0.39, 0.29) is 36.5 Å². The molecule has 1 amide bonds. The molecule has 168 valence electrons. The van der Waals surface area contributed by atoms with Crippen LogP contribution < -0.4 is 15.0 Å². The molecule has 1 fully saturated rings. The molecule has 1 heterocycles. The number of guanidine groups is 1. The van der Waals surface area contributed by atoms with Crippen LogP contribution in [0, 0.1) is 0 Å². The van der Waals surface area contributed by atoms with E-state index < -0.39 is 0 Å². The van der Waals surface area contributed by atoms with Gasteiger partial charge in [0.05, 0.1) is 0 Å². The van der Waals surface area contributed by atoms with Gasteiger partial charge in [0, 0.05) is 59.6 Å². The van der Waals surface area contributed by atoms with Gasteiger partial charge in [-0.1, -0.05) is 30.3 Å². The first-order valence-corrected chi connectivity index (χ1v) is 10.2. The summed E-state index contributed by atoms with van der Waals surface area (Å²) >= 11 is 0. The highest BCUT2D eigenvalue weighted by molar-refractivity contribution is 14.0. The molecule has 2 aromatic rings. The molecular formula is C23H32IN5O2. The Balaban J connectivity index is 0.00000341. The lowest BCUT2D eigenvalue weighted by Crippen LogP contribution is -2.52. The Labute approximate surface area is 202 Å². The Kier molecular flexibility index (Phi) is 9.90. The Hall–Kier alpha value is -2.49. The molecule has 0 radical (unpaired) electrons. The highest BCUT2D eigenvalue weighted by Crippen LogP contribution is 2.16. The van der Waals surface area contributed by atoms with Gasteiger partial charge < -0.3 is 24.8 Å². The second-order valence-electron chi connectivity index (χ2n) is 7.43. The van der Waals surface area contributed by atoms with E-state index in [1.165, 1.54) is 10.6 Å². The van der Waals surface area contributed by atoms with Gasteiger partial charge >= 0.3 is 0 Å². The normalized spacial score (nSPS) is 14.0. The van der Waals surface area contributed by atoms with Crippen LogP contribution in [0.15, 0.2) is 59.6 Å². The van der Waals surface area contributed by atoms with Crippen molar-refractivity contribution in [3.8, 4) is 5.75 Å². The Morgan fingerprint density at radius 3 is 2.42 bits per heavy atom. The molecule has 1 N–H and O–H groups in total. The Bertz CT molecular complexity index is 852. The van der Waals surface area contributed by atoms with Crippen molar-refractivity contribution in [2.24, 2.45) is 4.99 Å². The van der Waals surface area contributed by atoms with Crippen molar-refractivity contribution in [3.63, 3.8) is 0 Å². The van der Waals surface area contributed by atoms with Gasteiger partial charge in [-0.2, -0.15) is 0 Å². The molecule has 0 saturated carbocycles. The number of nitrogens with zero attached hydrogens (tertiary/aromatic N) is 4. The fraction of sp³-hybridized carbons (Fsp3) is 0.391. The summed E-state index contributed by atoms with van der Waals surface area (Å²) in [6, 6.07) is 18.3. The molecule has 3 rings (SSSR count). The summed E-state index contributed by atoms with van der Waals surface area (Å²) < 4.78 is 5.61. The van der Waals surface area contributed by atoms with Crippen LogP contribution in [0.1, 0.15) is 5.56 Å². The van der Waals surface area contributed by atoms with Crippen LogP contribution in [0.25, 0.3) is 0 Å². The lowest BCUT2D eigenvalue weighted by atomic mass is 10.2. The zero-order chi connectivity index (χ0) is 21.3. The van der Waals surface area contributed by atoms with Gasteiger partial charge in [-0.25, -0.2) is 0 Å². The van der Waals surface area contributed by atoms with E-state index in [4.69, 9.17) is 4.74 Å². The number of nitrogens with one attached hydrogen (secondary N) is 1. The highest BCUT2D eigenvalue weighted by Gasteiger charge is 2.19. The van der Waals surface area contributed by atoms with Gasteiger partial charge in [-0.3, -0.25) is 9.79 Å². The number of hydrogen-bond acceptors (Lipinski definition) is 4. The minimum Gasteiger partial charge on any atom is -0.484 e. The maximum atomic E-state index is 11.7. The molecular weight excluding hydrogens is 505 g/mol. The summed E-state index contributed by atoms with van der Waals surface area (Å²) in [7, 11) is 5.26. The number of halogens is 1. The van der Waals surface area contributed by atoms with Crippen LogP contribution in [0.5, 0.6) is 5.75 Å². The fourth-order valence-corrected chi connectivity index (χ4v) is 3.35. The molecule has 1 saturated heterocycles. The van der Waals surface area contributed by atoms with E-state index in [2.05, 4.69) is 44.4 Å². The quantitative estimate of drug-likeness (QED) is 0.349. The third-order valence-corrected chi connectivity index (χ3v) is 5.12. The molecule has 0 bridgehead atoms. The topological polar surface area (TPSA) is 60.4 Å². The molecule has 0 spiro atoms. The van der Waals surface area contributed by atoms with Gasteiger partial charge in [0.25, 0.3) is 5.91 Å². The number of aliphatic imine (C=N–C) groups is 1. The van der Waals surface area contributed by atoms with Crippen molar-refractivity contribution >= 4 is 41.5 Å². The third kappa shape index (κ3) is 7.30. The van der Waals surface area contributed by atoms with Crippen LogP contribution in [0.2, 0.25) is 0 Å². The van der Waals surface area contributed by atoms with Crippen molar-refractivity contribution in [2.45, 2.75) is 6.54 Å². The average molecular weight is 537 g/mol. The van der Waals surface area contributed by atoms with E-state index >= 15 is 0 Å². The number of amides is 1. The number of piperazine rings is 1. The van der Waals surface area contributed by atoms with Crippen LogP contribution >= 0.6 is 24.0 Å². The second-order valence-corrected chi connectivity index (χ2v) is 7.43. The van der Waals surface area contributed by atoms with Crippen LogP contribution in [0.4, 0.5) is 5.69 Å². The van der Waals surface area contributed by atoms with Crippen molar-refractivity contribution in [2.75, 3.05) is 58.8 Å². The van der Waals surface area contributed by atoms with Crippen molar-refractivity contribution < 1.29 is 9.53 Å². The monoisotopic (exact) mass is 537 g/mol. The number of rotatable bonds is 6. The van der Waals surface area contributed by atoms with Crippen molar-refractivity contribution in [1.29, 1.82) is 0 Å². The minimum atomic E-state index is -0.0615. The van der Waals surface area contributed by atoms with Crippen LogP contribution in [-0.4, -0.2) is 75.6 Å². The van der Waals surface area contributed by atoms with E-state index in [1.807, 2.05) is 37.4 Å².